The molecule has 4 N–H and O–H groups in total. The highest BCUT2D eigenvalue weighted by molar-refractivity contribution is 5.75. The summed E-state index contributed by atoms with van der Waals surface area (Å²) in [6.45, 7) is 0. The maximum atomic E-state index is 13.6. The molecule has 0 saturated heterocycles. The van der Waals surface area contributed by atoms with Crippen LogP contribution in [0.5, 0.6) is 5.75 Å². The number of hydrogen-bond acceptors (Lipinski definition) is 6. The van der Waals surface area contributed by atoms with Crippen molar-refractivity contribution in [2.45, 2.75) is 12.3 Å². The summed E-state index contributed by atoms with van der Waals surface area (Å²) in [6.07, 6.45) is 3.99. The van der Waals surface area contributed by atoms with Crippen molar-refractivity contribution in [3.05, 3.63) is 71.8 Å². The Morgan fingerprint density at radius 1 is 1.00 bits per heavy atom. The minimum atomic E-state index is -0.647. The number of aromatic nitrogens is 2. The number of ether oxygens (including phenoxy) is 1. The quantitative estimate of drug-likeness (QED) is 0.658. The fourth-order valence-electron chi connectivity index (χ4n) is 3.18. The van der Waals surface area contributed by atoms with Gasteiger partial charge < -0.3 is 15.8 Å². The van der Waals surface area contributed by atoms with Crippen molar-refractivity contribution in [1.29, 1.82) is 0 Å². The lowest BCUT2D eigenvalue weighted by molar-refractivity contribution is 0.406. The van der Waals surface area contributed by atoms with Gasteiger partial charge in [-0.25, -0.2) is 18.7 Å². The Kier molecular flexibility index (Phi) is 4.43. The van der Waals surface area contributed by atoms with Gasteiger partial charge in [0.15, 0.2) is 0 Å². The van der Waals surface area contributed by atoms with Crippen LogP contribution in [0.3, 0.4) is 0 Å². The predicted molar refractivity (Wildman–Crippen MR) is 96.8 cm³/mol. The van der Waals surface area contributed by atoms with E-state index in [0.717, 1.165) is 17.2 Å². The van der Waals surface area contributed by atoms with Crippen LogP contribution < -0.4 is 21.1 Å². The smallest absolute Gasteiger partial charge is 0.143 e. The predicted octanol–water partition coefficient (Wildman–Crippen LogP) is 3.10. The minimum absolute atomic E-state index is 0.305. The first kappa shape index (κ1) is 17.3. The van der Waals surface area contributed by atoms with Gasteiger partial charge in [-0.1, -0.05) is 0 Å². The van der Waals surface area contributed by atoms with Crippen LogP contribution in [0.25, 0.3) is 11.1 Å². The number of fused-ring (bicyclic) bond motifs is 1. The molecule has 27 heavy (non-hydrogen) atoms. The van der Waals surface area contributed by atoms with E-state index >= 15 is 0 Å². The first-order valence-electron chi connectivity index (χ1n) is 8.26. The molecule has 0 amide bonds. The normalized spacial score (nSPS) is 18.5. The first-order chi connectivity index (χ1) is 13.0. The molecule has 2 atom stereocenters. The zero-order valence-corrected chi connectivity index (χ0v) is 14.4. The van der Waals surface area contributed by atoms with E-state index in [1.807, 2.05) is 0 Å². The molecule has 2 heterocycles. The summed E-state index contributed by atoms with van der Waals surface area (Å²) in [5, 5.41) is 6.54. The molecule has 0 saturated carbocycles. The molecule has 0 aliphatic carbocycles. The molecule has 2 unspecified atom stereocenters. The van der Waals surface area contributed by atoms with Crippen LogP contribution in [0.15, 0.2) is 49.1 Å². The third-order valence-corrected chi connectivity index (χ3v) is 4.43. The maximum absolute atomic E-state index is 13.6. The Hall–Kier alpha value is -3.10. The summed E-state index contributed by atoms with van der Waals surface area (Å²) in [6, 6.07) is 6.87. The number of anilines is 1. The van der Waals surface area contributed by atoms with E-state index in [1.54, 1.807) is 24.5 Å². The molecule has 3 aromatic rings. The van der Waals surface area contributed by atoms with Gasteiger partial charge in [-0.05, 0) is 35.4 Å². The van der Waals surface area contributed by atoms with E-state index < -0.39 is 17.8 Å². The average molecular weight is 369 g/mol. The van der Waals surface area contributed by atoms with Gasteiger partial charge in [-0.2, -0.15) is 0 Å². The van der Waals surface area contributed by atoms with Crippen molar-refractivity contribution in [3.8, 4) is 16.9 Å². The highest BCUT2D eigenvalue weighted by atomic mass is 19.1. The van der Waals surface area contributed by atoms with E-state index in [4.69, 9.17) is 10.5 Å². The molecular weight excluding hydrogens is 352 g/mol. The fourth-order valence-corrected chi connectivity index (χ4v) is 3.18. The summed E-state index contributed by atoms with van der Waals surface area (Å²) >= 11 is 0. The van der Waals surface area contributed by atoms with Crippen molar-refractivity contribution in [2.24, 2.45) is 5.73 Å². The van der Waals surface area contributed by atoms with Gasteiger partial charge in [0.25, 0.3) is 0 Å². The maximum Gasteiger partial charge on any atom is 0.143 e. The third kappa shape index (κ3) is 3.32. The first-order valence-corrected chi connectivity index (χ1v) is 8.26. The van der Waals surface area contributed by atoms with Crippen LogP contribution >= 0.6 is 0 Å². The molecular formula is C19H17F2N5O. The zero-order chi connectivity index (χ0) is 19.0. The lowest BCUT2D eigenvalue weighted by atomic mass is 9.97. The van der Waals surface area contributed by atoms with Crippen LogP contribution in [0, 0.1) is 11.6 Å². The molecule has 0 spiro atoms. The van der Waals surface area contributed by atoms with Crippen LogP contribution in [0.2, 0.25) is 0 Å². The molecule has 6 nitrogen and oxygen atoms in total. The lowest BCUT2D eigenvalue weighted by Crippen LogP contribution is -2.41. The summed E-state index contributed by atoms with van der Waals surface area (Å²) in [7, 11) is 1.53. The number of benzene rings is 2. The highest BCUT2D eigenvalue weighted by Gasteiger charge is 2.28. The van der Waals surface area contributed by atoms with Gasteiger partial charge in [-0.15, -0.1) is 0 Å². The van der Waals surface area contributed by atoms with Crippen LogP contribution in [0.1, 0.15) is 23.5 Å². The van der Waals surface area contributed by atoms with Crippen molar-refractivity contribution >= 4 is 5.69 Å². The molecule has 0 radical (unpaired) electrons. The Morgan fingerprint density at radius 3 is 2.33 bits per heavy atom. The summed E-state index contributed by atoms with van der Waals surface area (Å²) in [4.78, 5) is 8.04. The van der Waals surface area contributed by atoms with Gasteiger partial charge in [0.1, 0.15) is 29.9 Å². The molecule has 1 aromatic heterocycles. The SMILES string of the molecule is COc1cc(-c2cc(F)cc(F)c2)cc2c1NC(c1cncnc1)NC2N. The van der Waals surface area contributed by atoms with Crippen LogP contribution in [-0.4, -0.2) is 17.1 Å². The molecule has 1 aliphatic heterocycles. The van der Waals surface area contributed by atoms with E-state index in [1.165, 1.54) is 25.6 Å². The minimum Gasteiger partial charge on any atom is -0.495 e. The van der Waals surface area contributed by atoms with Crippen molar-refractivity contribution in [1.82, 2.24) is 15.3 Å². The molecule has 8 heteroatoms. The number of hydrogen-bond donors (Lipinski definition) is 3. The Bertz CT molecular complexity index is 963. The van der Waals surface area contributed by atoms with Crippen molar-refractivity contribution in [3.63, 3.8) is 0 Å². The zero-order valence-electron chi connectivity index (χ0n) is 14.4. The molecule has 2 aromatic carbocycles. The second kappa shape index (κ2) is 6.90. The monoisotopic (exact) mass is 369 g/mol. The van der Waals surface area contributed by atoms with Gasteiger partial charge in [-0.3, -0.25) is 5.32 Å². The van der Waals surface area contributed by atoms with Gasteiger partial charge in [0.2, 0.25) is 0 Å². The van der Waals surface area contributed by atoms with E-state index in [2.05, 4.69) is 20.6 Å². The largest absolute Gasteiger partial charge is 0.495 e. The van der Waals surface area contributed by atoms with E-state index in [9.17, 15) is 8.78 Å². The average Bonchev–Trinajstić information content (AvgIpc) is 2.67. The van der Waals surface area contributed by atoms with Crippen molar-refractivity contribution < 1.29 is 13.5 Å². The number of nitrogens with two attached hydrogens (primary N) is 1. The van der Waals surface area contributed by atoms with Gasteiger partial charge in [0, 0.05) is 29.6 Å². The number of nitrogens with one attached hydrogen (secondary N) is 2. The van der Waals surface area contributed by atoms with Gasteiger partial charge in [0.05, 0.1) is 19.0 Å². The number of nitrogens with zero attached hydrogens (tertiary/aromatic N) is 2. The molecule has 0 fully saturated rings. The second-order valence-electron chi connectivity index (χ2n) is 6.19. The van der Waals surface area contributed by atoms with E-state index in [0.29, 0.717) is 22.6 Å². The second-order valence-corrected chi connectivity index (χ2v) is 6.19. The standard InChI is InChI=1S/C19H17F2N5O/c1-27-16-5-11(10-2-13(20)6-14(21)3-10)4-15-17(16)25-19(26-18(15)22)12-7-23-9-24-8-12/h2-9,18-19,25-26H,22H2,1H3. The Balaban J connectivity index is 1.78. The molecule has 4 rings (SSSR count). The van der Waals surface area contributed by atoms with Crippen molar-refractivity contribution in [2.75, 3.05) is 12.4 Å². The summed E-state index contributed by atoms with van der Waals surface area (Å²) in [5.41, 5.74) is 9.56. The Morgan fingerprint density at radius 2 is 1.67 bits per heavy atom. The fraction of sp³-hybridized carbons (Fsp3) is 0.158. The Labute approximate surface area is 154 Å². The molecule has 1 aliphatic rings. The molecule has 0 bridgehead atoms. The number of rotatable bonds is 3. The summed E-state index contributed by atoms with van der Waals surface area (Å²) in [5.74, 6) is -0.774. The third-order valence-electron chi connectivity index (χ3n) is 4.43. The lowest BCUT2D eigenvalue weighted by Gasteiger charge is -2.34. The summed E-state index contributed by atoms with van der Waals surface area (Å²) < 4.78 is 32.7. The van der Waals surface area contributed by atoms with E-state index in [-0.39, 0.29) is 6.17 Å². The number of methoxy groups -OCH3 is 1. The molecule has 138 valence electrons. The highest BCUT2D eigenvalue weighted by Crippen LogP contribution is 2.41. The van der Waals surface area contributed by atoms with Crippen LogP contribution in [-0.2, 0) is 0 Å². The van der Waals surface area contributed by atoms with Gasteiger partial charge >= 0.3 is 0 Å². The number of halogens is 2. The van der Waals surface area contributed by atoms with Crippen LogP contribution in [0.4, 0.5) is 14.5 Å². The topological polar surface area (TPSA) is 85.1 Å².